The van der Waals surface area contributed by atoms with Gasteiger partial charge < -0.3 is 0 Å². The highest BCUT2D eigenvalue weighted by molar-refractivity contribution is 5.32. The second kappa shape index (κ2) is 6.16. The third-order valence-electron chi connectivity index (χ3n) is 3.81. The number of rotatable bonds is 4. The van der Waals surface area contributed by atoms with Gasteiger partial charge in [-0.3, -0.25) is 11.3 Å². The summed E-state index contributed by atoms with van der Waals surface area (Å²) in [6.45, 7) is 5.94. The van der Waals surface area contributed by atoms with E-state index in [9.17, 15) is 4.39 Å². The highest BCUT2D eigenvalue weighted by atomic mass is 19.1. The third kappa shape index (κ3) is 3.24. The van der Waals surface area contributed by atoms with Gasteiger partial charge >= 0.3 is 0 Å². The van der Waals surface area contributed by atoms with Crippen LogP contribution in [0.3, 0.4) is 0 Å². The van der Waals surface area contributed by atoms with Gasteiger partial charge in [-0.1, -0.05) is 30.3 Å². The van der Waals surface area contributed by atoms with Crippen LogP contribution in [-0.2, 0) is 6.42 Å². The molecule has 3 heteroatoms. The van der Waals surface area contributed by atoms with E-state index < -0.39 is 0 Å². The Labute approximate surface area is 119 Å². The molecule has 2 aromatic rings. The summed E-state index contributed by atoms with van der Waals surface area (Å²) < 4.78 is 13.7. The van der Waals surface area contributed by atoms with Gasteiger partial charge in [-0.05, 0) is 61.1 Å². The number of nitrogens with two attached hydrogens (primary N) is 1. The summed E-state index contributed by atoms with van der Waals surface area (Å²) in [6.07, 6.45) is 0.736. The Hall–Kier alpha value is -1.71. The van der Waals surface area contributed by atoms with Crippen LogP contribution in [0.5, 0.6) is 0 Å². The molecule has 20 heavy (non-hydrogen) atoms. The molecule has 106 valence electrons. The highest BCUT2D eigenvalue weighted by Crippen LogP contribution is 2.21. The maximum absolute atomic E-state index is 13.7. The molecule has 0 spiro atoms. The van der Waals surface area contributed by atoms with Gasteiger partial charge in [0.2, 0.25) is 0 Å². The van der Waals surface area contributed by atoms with Gasteiger partial charge in [0.25, 0.3) is 0 Å². The van der Waals surface area contributed by atoms with E-state index >= 15 is 0 Å². The molecule has 2 aromatic carbocycles. The lowest BCUT2D eigenvalue weighted by atomic mass is 9.96. The topological polar surface area (TPSA) is 38.0 Å². The van der Waals surface area contributed by atoms with E-state index in [-0.39, 0.29) is 11.9 Å². The summed E-state index contributed by atoms with van der Waals surface area (Å²) in [7, 11) is 0. The van der Waals surface area contributed by atoms with E-state index in [4.69, 9.17) is 5.84 Å². The Morgan fingerprint density at radius 2 is 1.70 bits per heavy atom. The summed E-state index contributed by atoms with van der Waals surface area (Å²) >= 11 is 0. The lowest BCUT2D eigenvalue weighted by Gasteiger charge is -2.17. The fraction of sp³-hybridized carbons (Fsp3) is 0.294. The Bertz CT molecular complexity index is 608. The van der Waals surface area contributed by atoms with E-state index in [1.165, 1.54) is 16.7 Å². The van der Waals surface area contributed by atoms with Crippen LogP contribution in [0.25, 0.3) is 0 Å². The van der Waals surface area contributed by atoms with Crippen molar-refractivity contribution in [3.8, 4) is 0 Å². The van der Waals surface area contributed by atoms with Crippen molar-refractivity contribution in [2.75, 3.05) is 0 Å². The van der Waals surface area contributed by atoms with E-state index in [1.807, 2.05) is 6.07 Å². The molecule has 0 aliphatic heterocycles. The smallest absolute Gasteiger partial charge is 0.126 e. The Morgan fingerprint density at radius 3 is 2.30 bits per heavy atom. The lowest BCUT2D eigenvalue weighted by Crippen LogP contribution is -2.29. The molecule has 0 saturated heterocycles. The van der Waals surface area contributed by atoms with E-state index in [0.29, 0.717) is 5.56 Å². The molecule has 1 unspecified atom stereocenters. The van der Waals surface area contributed by atoms with Crippen molar-refractivity contribution in [1.29, 1.82) is 0 Å². The molecule has 0 aliphatic rings. The first-order valence-corrected chi connectivity index (χ1v) is 6.79. The molecule has 0 aliphatic carbocycles. The number of hydrogen-bond acceptors (Lipinski definition) is 2. The molecule has 0 heterocycles. The van der Waals surface area contributed by atoms with Gasteiger partial charge in [-0.25, -0.2) is 4.39 Å². The van der Waals surface area contributed by atoms with Crippen molar-refractivity contribution in [2.45, 2.75) is 33.2 Å². The minimum absolute atomic E-state index is 0.0905. The van der Waals surface area contributed by atoms with Gasteiger partial charge in [-0.2, -0.15) is 0 Å². The summed E-state index contributed by atoms with van der Waals surface area (Å²) in [6, 6.07) is 11.5. The summed E-state index contributed by atoms with van der Waals surface area (Å²) in [5.41, 5.74) is 8.02. The molecule has 0 bridgehead atoms. The molecule has 0 amide bonds. The maximum Gasteiger partial charge on any atom is 0.126 e. The van der Waals surface area contributed by atoms with Gasteiger partial charge in [0, 0.05) is 0 Å². The van der Waals surface area contributed by atoms with Crippen LogP contribution in [0.2, 0.25) is 0 Å². The number of hydrogen-bond donors (Lipinski definition) is 2. The second-order valence-corrected chi connectivity index (χ2v) is 5.35. The van der Waals surface area contributed by atoms with Gasteiger partial charge in [0.1, 0.15) is 5.82 Å². The molecule has 0 saturated carbocycles. The van der Waals surface area contributed by atoms with Crippen LogP contribution in [0.15, 0.2) is 36.4 Å². The first-order chi connectivity index (χ1) is 9.51. The molecule has 0 aromatic heterocycles. The number of nitrogens with one attached hydrogen (secondary N) is 1. The van der Waals surface area contributed by atoms with Crippen molar-refractivity contribution < 1.29 is 4.39 Å². The fourth-order valence-corrected chi connectivity index (χ4v) is 2.27. The Morgan fingerprint density at radius 1 is 1.00 bits per heavy atom. The van der Waals surface area contributed by atoms with Crippen LogP contribution in [0.4, 0.5) is 4.39 Å². The van der Waals surface area contributed by atoms with Gasteiger partial charge in [0.15, 0.2) is 0 Å². The van der Waals surface area contributed by atoms with Crippen LogP contribution in [0, 0.1) is 26.6 Å². The first-order valence-electron chi connectivity index (χ1n) is 6.79. The standard InChI is InChI=1S/C17H21FN2/c1-11-4-6-14(8-13(11)3)9-17(20-19)15-7-5-12(2)16(18)10-15/h4-8,10,17,20H,9,19H2,1-3H3. The van der Waals surface area contributed by atoms with E-state index in [2.05, 4.69) is 37.5 Å². The molecular weight excluding hydrogens is 251 g/mol. The molecule has 2 rings (SSSR count). The Kier molecular flexibility index (Phi) is 4.53. The zero-order chi connectivity index (χ0) is 14.7. The normalized spacial score (nSPS) is 12.4. The Balaban J connectivity index is 2.23. The third-order valence-corrected chi connectivity index (χ3v) is 3.81. The monoisotopic (exact) mass is 272 g/mol. The van der Waals surface area contributed by atoms with Crippen molar-refractivity contribution in [3.05, 3.63) is 70.0 Å². The summed E-state index contributed by atoms with van der Waals surface area (Å²) in [5.74, 6) is 5.44. The minimum atomic E-state index is -0.192. The number of aryl methyl sites for hydroxylation is 3. The average Bonchev–Trinajstić information content (AvgIpc) is 2.43. The van der Waals surface area contributed by atoms with E-state index in [0.717, 1.165) is 12.0 Å². The predicted octanol–water partition coefficient (Wildman–Crippen LogP) is 3.50. The van der Waals surface area contributed by atoms with Gasteiger partial charge in [0.05, 0.1) is 6.04 Å². The largest absolute Gasteiger partial charge is 0.271 e. The highest BCUT2D eigenvalue weighted by Gasteiger charge is 2.12. The average molecular weight is 272 g/mol. The van der Waals surface area contributed by atoms with Crippen molar-refractivity contribution >= 4 is 0 Å². The zero-order valence-electron chi connectivity index (χ0n) is 12.2. The molecule has 3 N–H and O–H groups in total. The zero-order valence-corrected chi connectivity index (χ0v) is 12.2. The summed E-state index contributed by atoms with van der Waals surface area (Å²) in [5, 5.41) is 0. The molecular formula is C17H21FN2. The van der Waals surface area contributed by atoms with Crippen molar-refractivity contribution in [3.63, 3.8) is 0 Å². The molecule has 2 nitrogen and oxygen atoms in total. The minimum Gasteiger partial charge on any atom is -0.271 e. The first kappa shape index (κ1) is 14.7. The number of benzene rings is 2. The van der Waals surface area contributed by atoms with E-state index in [1.54, 1.807) is 19.1 Å². The van der Waals surface area contributed by atoms with Crippen molar-refractivity contribution in [1.82, 2.24) is 5.43 Å². The maximum atomic E-state index is 13.7. The SMILES string of the molecule is Cc1ccc(CC(NN)c2ccc(C)c(F)c2)cc1C. The quantitative estimate of drug-likeness (QED) is 0.660. The van der Waals surface area contributed by atoms with Crippen LogP contribution in [0.1, 0.15) is 33.9 Å². The fourth-order valence-electron chi connectivity index (χ4n) is 2.27. The number of halogens is 1. The van der Waals surface area contributed by atoms with Gasteiger partial charge in [-0.15, -0.1) is 0 Å². The van der Waals surface area contributed by atoms with Crippen molar-refractivity contribution in [2.24, 2.45) is 5.84 Å². The van der Waals surface area contributed by atoms with Crippen LogP contribution in [-0.4, -0.2) is 0 Å². The lowest BCUT2D eigenvalue weighted by molar-refractivity contribution is 0.543. The molecule has 0 radical (unpaired) electrons. The number of hydrazine groups is 1. The second-order valence-electron chi connectivity index (χ2n) is 5.35. The predicted molar refractivity (Wildman–Crippen MR) is 80.8 cm³/mol. The summed E-state index contributed by atoms with van der Waals surface area (Å²) in [4.78, 5) is 0. The van der Waals surface area contributed by atoms with Crippen LogP contribution >= 0.6 is 0 Å². The molecule has 0 fully saturated rings. The molecule has 1 atom stereocenters. The van der Waals surface area contributed by atoms with Crippen LogP contribution < -0.4 is 11.3 Å².